The van der Waals surface area contributed by atoms with Crippen LogP contribution in [0.15, 0.2) is 42.7 Å². The number of unbranched alkanes of at least 4 members (excludes halogenated alkanes) is 9. The summed E-state index contributed by atoms with van der Waals surface area (Å²) in [5, 5.41) is 0. The molecule has 2 nitrogen and oxygen atoms in total. The molecular formula is C23H38ClLiN2. The molecule has 0 aromatic heterocycles. The number of rotatable bonds is 13. The first-order valence-electron chi connectivity index (χ1n) is 10.5. The predicted molar refractivity (Wildman–Crippen MR) is 109 cm³/mol. The third-order valence-corrected chi connectivity index (χ3v) is 5.39. The zero-order chi connectivity index (χ0) is 17.7. The molecule has 1 aliphatic rings. The molecule has 148 valence electrons. The van der Waals surface area contributed by atoms with E-state index in [9.17, 15) is 0 Å². The van der Waals surface area contributed by atoms with E-state index in [0.29, 0.717) is 6.17 Å². The maximum atomic E-state index is 2.49. The van der Waals surface area contributed by atoms with Gasteiger partial charge in [-0.3, -0.25) is 0 Å². The SMILES string of the molecule is CCCCCCCCCCCCN1C=CN(Cc2ccccc2)C1C.[Cl-].[Li+]. The summed E-state index contributed by atoms with van der Waals surface area (Å²) in [7, 11) is 0. The summed E-state index contributed by atoms with van der Waals surface area (Å²) >= 11 is 0. The summed E-state index contributed by atoms with van der Waals surface area (Å²) in [6.07, 6.45) is 19.1. The molecule has 4 heteroatoms. The first-order chi connectivity index (χ1) is 12.3. The molecule has 0 aliphatic carbocycles. The zero-order valence-electron chi connectivity index (χ0n) is 17.9. The molecule has 0 saturated heterocycles. The maximum Gasteiger partial charge on any atom is 1.00 e. The molecule has 27 heavy (non-hydrogen) atoms. The van der Waals surface area contributed by atoms with Gasteiger partial charge in [-0.25, -0.2) is 0 Å². The summed E-state index contributed by atoms with van der Waals surface area (Å²) in [4.78, 5) is 4.93. The number of hydrogen-bond donors (Lipinski definition) is 0. The number of nitrogens with zero attached hydrogens (tertiary/aromatic N) is 2. The Morgan fingerprint density at radius 1 is 0.741 bits per heavy atom. The van der Waals surface area contributed by atoms with Crippen molar-refractivity contribution in [2.24, 2.45) is 0 Å². The molecule has 1 atom stereocenters. The zero-order valence-corrected chi connectivity index (χ0v) is 18.6. The van der Waals surface area contributed by atoms with Crippen molar-refractivity contribution >= 4 is 0 Å². The predicted octanol–water partition coefficient (Wildman–Crippen LogP) is 0.550. The van der Waals surface area contributed by atoms with Crippen LogP contribution < -0.4 is 31.3 Å². The summed E-state index contributed by atoms with van der Waals surface area (Å²) in [6.45, 7) is 6.81. The van der Waals surface area contributed by atoms with Gasteiger partial charge in [0.15, 0.2) is 0 Å². The second kappa shape index (κ2) is 16.4. The van der Waals surface area contributed by atoms with Gasteiger partial charge in [0.25, 0.3) is 0 Å². The van der Waals surface area contributed by atoms with Crippen LogP contribution in [0.1, 0.15) is 83.6 Å². The van der Waals surface area contributed by atoms with Crippen molar-refractivity contribution in [2.75, 3.05) is 6.54 Å². The van der Waals surface area contributed by atoms with Crippen LogP contribution in [0.25, 0.3) is 0 Å². The molecule has 2 rings (SSSR count). The molecule has 0 radical (unpaired) electrons. The number of halogens is 1. The standard InChI is InChI=1S/C23H38N2.ClH.Li/c1-3-4-5-6-7-8-9-10-11-15-18-24-19-20-25(22(24)2)21-23-16-13-12-14-17-23;;/h12-14,16-17,19-20,22H,3-11,15,18,21H2,1-2H3;1H;/q;;+1/p-1. The molecule has 0 saturated carbocycles. The van der Waals surface area contributed by atoms with Crippen LogP contribution in [0.3, 0.4) is 0 Å². The Morgan fingerprint density at radius 2 is 1.26 bits per heavy atom. The second-order valence-corrected chi connectivity index (χ2v) is 7.51. The van der Waals surface area contributed by atoms with Crippen LogP contribution in [0.2, 0.25) is 0 Å². The number of hydrogen-bond acceptors (Lipinski definition) is 2. The van der Waals surface area contributed by atoms with E-state index in [-0.39, 0.29) is 31.3 Å². The van der Waals surface area contributed by atoms with Crippen molar-refractivity contribution < 1.29 is 31.3 Å². The Labute approximate surface area is 186 Å². The average Bonchev–Trinajstić information content (AvgIpc) is 2.97. The van der Waals surface area contributed by atoms with E-state index in [1.807, 2.05) is 0 Å². The fourth-order valence-corrected chi connectivity index (χ4v) is 3.63. The minimum absolute atomic E-state index is 0. The first kappa shape index (κ1) is 26.4. The Bertz CT molecular complexity index is 481. The third kappa shape index (κ3) is 10.5. The van der Waals surface area contributed by atoms with E-state index in [0.717, 1.165) is 6.54 Å². The van der Waals surface area contributed by atoms with Crippen molar-refractivity contribution in [3.05, 3.63) is 48.3 Å². The van der Waals surface area contributed by atoms with Gasteiger partial charge in [0.2, 0.25) is 0 Å². The monoisotopic (exact) mass is 384 g/mol. The molecule has 1 heterocycles. The fourth-order valence-electron chi connectivity index (χ4n) is 3.63. The summed E-state index contributed by atoms with van der Waals surface area (Å²) in [5.74, 6) is 0. The van der Waals surface area contributed by atoms with Gasteiger partial charge in [-0.15, -0.1) is 0 Å². The molecule has 0 bridgehead atoms. The molecular weight excluding hydrogens is 347 g/mol. The minimum Gasteiger partial charge on any atom is -1.00 e. The van der Waals surface area contributed by atoms with Crippen molar-refractivity contribution in [3.63, 3.8) is 0 Å². The van der Waals surface area contributed by atoms with Crippen LogP contribution in [-0.4, -0.2) is 22.5 Å². The quantitative estimate of drug-likeness (QED) is 0.362. The average molecular weight is 385 g/mol. The van der Waals surface area contributed by atoms with Gasteiger partial charge in [0.05, 0.1) is 6.17 Å². The molecule has 1 unspecified atom stereocenters. The van der Waals surface area contributed by atoms with E-state index in [4.69, 9.17) is 0 Å². The Balaban J connectivity index is 0.00000338. The van der Waals surface area contributed by atoms with E-state index < -0.39 is 0 Å². The maximum absolute atomic E-state index is 2.49. The van der Waals surface area contributed by atoms with Crippen molar-refractivity contribution in [3.8, 4) is 0 Å². The number of benzene rings is 1. The molecule has 1 aromatic rings. The van der Waals surface area contributed by atoms with Crippen LogP contribution >= 0.6 is 0 Å². The molecule has 0 N–H and O–H groups in total. The first-order valence-corrected chi connectivity index (χ1v) is 10.5. The van der Waals surface area contributed by atoms with Gasteiger partial charge in [0, 0.05) is 25.5 Å². The van der Waals surface area contributed by atoms with E-state index in [1.165, 1.54) is 76.3 Å². The molecule has 1 aliphatic heterocycles. The van der Waals surface area contributed by atoms with Gasteiger partial charge in [-0.2, -0.15) is 0 Å². The van der Waals surface area contributed by atoms with Crippen molar-refractivity contribution in [2.45, 2.75) is 90.8 Å². The molecule has 0 fully saturated rings. The largest absolute Gasteiger partial charge is 1.00 e. The Morgan fingerprint density at radius 3 is 1.85 bits per heavy atom. The van der Waals surface area contributed by atoms with Gasteiger partial charge in [-0.1, -0.05) is 95.0 Å². The minimum atomic E-state index is 0. The third-order valence-electron chi connectivity index (χ3n) is 5.39. The topological polar surface area (TPSA) is 6.48 Å². The van der Waals surface area contributed by atoms with E-state index in [2.05, 4.69) is 66.4 Å². The Hall–Kier alpha value is -0.553. The molecule has 0 spiro atoms. The van der Waals surface area contributed by atoms with Gasteiger partial charge >= 0.3 is 18.9 Å². The fraction of sp³-hybridized carbons (Fsp3) is 0.652. The van der Waals surface area contributed by atoms with E-state index in [1.54, 1.807) is 0 Å². The summed E-state index contributed by atoms with van der Waals surface area (Å²) in [5.41, 5.74) is 1.39. The smallest absolute Gasteiger partial charge is 1.00 e. The summed E-state index contributed by atoms with van der Waals surface area (Å²) < 4.78 is 0. The van der Waals surface area contributed by atoms with Crippen LogP contribution in [-0.2, 0) is 6.54 Å². The van der Waals surface area contributed by atoms with Crippen molar-refractivity contribution in [1.29, 1.82) is 0 Å². The molecule has 0 amide bonds. The summed E-state index contributed by atoms with van der Waals surface area (Å²) in [6, 6.07) is 10.8. The van der Waals surface area contributed by atoms with Crippen molar-refractivity contribution in [1.82, 2.24) is 9.80 Å². The van der Waals surface area contributed by atoms with Crippen LogP contribution in [0.5, 0.6) is 0 Å². The van der Waals surface area contributed by atoms with Crippen LogP contribution in [0.4, 0.5) is 0 Å². The van der Waals surface area contributed by atoms with E-state index >= 15 is 0 Å². The van der Waals surface area contributed by atoms with Gasteiger partial charge < -0.3 is 22.2 Å². The van der Waals surface area contributed by atoms with Gasteiger partial charge in [0.1, 0.15) is 0 Å². The molecule has 1 aromatic carbocycles. The van der Waals surface area contributed by atoms with Crippen LogP contribution in [0, 0.1) is 0 Å². The normalized spacial score (nSPS) is 15.6. The van der Waals surface area contributed by atoms with Gasteiger partial charge in [-0.05, 0) is 18.9 Å². The second-order valence-electron chi connectivity index (χ2n) is 7.51. The Kier molecular flexibility index (Phi) is 16.1.